The summed E-state index contributed by atoms with van der Waals surface area (Å²) < 4.78 is 5.48. The number of furan rings is 1. The minimum atomic E-state index is 0.784. The van der Waals surface area contributed by atoms with Crippen molar-refractivity contribution in [3.05, 3.63) is 54.2 Å². The van der Waals surface area contributed by atoms with Crippen molar-refractivity contribution in [2.24, 2.45) is 0 Å². The normalized spacial score (nSPS) is 15.8. The second-order valence-electron chi connectivity index (χ2n) is 8.22. The predicted octanol–water partition coefficient (Wildman–Crippen LogP) is 2.90. The standard InChI is InChI=1S/C23H32N6O/c1-27(2)11-6-10-24-23-20-8-3-4-9-21(20)25-22(26-23)18-29-14-12-28(13-15-29)17-19-7-5-16-30-19/h3-5,7-9,16H,6,10-15,17-18H2,1-2H3,(H,24,25,26). The molecule has 1 N–H and O–H groups in total. The second kappa shape index (κ2) is 10.0. The van der Waals surface area contributed by atoms with Crippen LogP contribution in [0.1, 0.15) is 18.0 Å². The van der Waals surface area contributed by atoms with E-state index in [0.717, 1.165) is 87.1 Å². The summed E-state index contributed by atoms with van der Waals surface area (Å²) in [5, 5.41) is 4.63. The number of benzene rings is 1. The number of rotatable bonds is 9. The lowest BCUT2D eigenvalue weighted by Crippen LogP contribution is -2.45. The van der Waals surface area contributed by atoms with Crippen molar-refractivity contribution in [3.8, 4) is 0 Å². The van der Waals surface area contributed by atoms with E-state index in [4.69, 9.17) is 14.4 Å². The molecule has 30 heavy (non-hydrogen) atoms. The fourth-order valence-electron chi connectivity index (χ4n) is 3.86. The Hall–Kier alpha value is -2.48. The van der Waals surface area contributed by atoms with Crippen LogP contribution in [0.5, 0.6) is 0 Å². The summed E-state index contributed by atoms with van der Waals surface area (Å²) in [7, 11) is 4.21. The smallest absolute Gasteiger partial charge is 0.145 e. The molecule has 3 aromatic rings. The van der Waals surface area contributed by atoms with Crippen molar-refractivity contribution in [1.82, 2.24) is 24.7 Å². The van der Waals surface area contributed by atoms with Gasteiger partial charge in [0, 0.05) is 38.1 Å². The average molecular weight is 409 g/mol. The Morgan fingerprint density at radius 2 is 1.73 bits per heavy atom. The fraction of sp³-hybridized carbons (Fsp3) is 0.478. The first-order chi connectivity index (χ1) is 14.7. The number of para-hydroxylation sites is 1. The zero-order chi connectivity index (χ0) is 20.8. The van der Waals surface area contributed by atoms with Gasteiger partial charge in [0.2, 0.25) is 0 Å². The monoisotopic (exact) mass is 408 g/mol. The zero-order valence-corrected chi connectivity index (χ0v) is 18.0. The molecule has 2 aromatic heterocycles. The lowest BCUT2D eigenvalue weighted by Gasteiger charge is -2.33. The Morgan fingerprint density at radius 1 is 0.967 bits per heavy atom. The summed E-state index contributed by atoms with van der Waals surface area (Å²) in [5.74, 6) is 2.88. The molecule has 1 saturated heterocycles. The van der Waals surface area contributed by atoms with E-state index < -0.39 is 0 Å². The largest absolute Gasteiger partial charge is 0.468 e. The molecule has 1 fully saturated rings. The zero-order valence-electron chi connectivity index (χ0n) is 18.0. The Labute approximate surface area is 178 Å². The van der Waals surface area contributed by atoms with Gasteiger partial charge in [0.05, 0.1) is 24.9 Å². The van der Waals surface area contributed by atoms with E-state index in [1.807, 2.05) is 18.2 Å². The molecule has 0 bridgehead atoms. The Balaban J connectivity index is 1.37. The Morgan fingerprint density at radius 3 is 2.47 bits per heavy atom. The Bertz CT molecular complexity index is 919. The molecule has 3 heterocycles. The molecule has 4 rings (SSSR count). The molecule has 0 atom stereocenters. The quantitative estimate of drug-likeness (QED) is 0.546. The van der Waals surface area contributed by atoms with Crippen LogP contribution >= 0.6 is 0 Å². The first kappa shape index (κ1) is 20.8. The number of fused-ring (bicyclic) bond motifs is 1. The summed E-state index contributed by atoms with van der Waals surface area (Å²) >= 11 is 0. The van der Waals surface area contributed by atoms with Gasteiger partial charge in [0.15, 0.2) is 0 Å². The molecule has 0 unspecified atom stereocenters. The third-order valence-corrected chi connectivity index (χ3v) is 5.51. The van der Waals surface area contributed by atoms with E-state index in [-0.39, 0.29) is 0 Å². The summed E-state index contributed by atoms with van der Waals surface area (Å²) in [6, 6.07) is 12.3. The van der Waals surface area contributed by atoms with E-state index in [1.54, 1.807) is 6.26 Å². The van der Waals surface area contributed by atoms with Crippen LogP contribution in [0, 0.1) is 0 Å². The van der Waals surface area contributed by atoms with Crippen LogP contribution in [0.4, 0.5) is 5.82 Å². The molecular weight excluding hydrogens is 376 g/mol. The molecule has 160 valence electrons. The average Bonchev–Trinajstić information content (AvgIpc) is 3.25. The molecule has 7 heteroatoms. The van der Waals surface area contributed by atoms with Crippen LogP contribution in [-0.4, -0.2) is 78.0 Å². The molecule has 1 aliphatic heterocycles. The van der Waals surface area contributed by atoms with Crippen LogP contribution in [0.2, 0.25) is 0 Å². The SMILES string of the molecule is CN(C)CCCNc1nc(CN2CCN(Cc3ccco3)CC2)nc2ccccc12. The van der Waals surface area contributed by atoms with Gasteiger partial charge in [-0.2, -0.15) is 0 Å². The minimum absolute atomic E-state index is 0.784. The number of hydrogen-bond acceptors (Lipinski definition) is 7. The maximum Gasteiger partial charge on any atom is 0.145 e. The molecular formula is C23H32N6O. The van der Waals surface area contributed by atoms with Crippen molar-refractivity contribution in [2.75, 3.05) is 58.7 Å². The van der Waals surface area contributed by atoms with E-state index in [0.29, 0.717) is 0 Å². The summed E-state index contributed by atoms with van der Waals surface area (Å²) in [6.07, 6.45) is 2.83. The highest BCUT2D eigenvalue weighted by atomic mass is 16.3. The summed E-state index contributed by atoms with van der Waals surface area (Å²) in [6.45, 7) is 7.73. The number of hydrogen-bond donors (Lipinski definition) is 1. The van der Waals surface area contributed by atoms with Gasteiger partial charge < -0.3 is 14.6 Å². The lowest BCUT2D eigenvalue weighted by molar-refractivity contribution is 0.114. The second-order valence-corrected chi connectivity index (χ2v) is 8.22. The summed E-state index contributed by atoms with van der Waals surface area (Å²) in [5.41, 5.74) is 1.01. The van der Waals surface area contributed by atoms with Gasteiger partial charge in [0.25, 0.3) is 0 Å². The molecule has 0 amide bonds. The number of nitrogens with one attached hydrogen (secondary N) is 1. The van der Waals surface area contributed by atoms with E-state index in [9.17, 15) is 0 Å². The van der Waals surface area contributed by atoms with Crippen LogP contribution in [0.25, 0.3) is 10.9 Å². The van der Waals surface area contributed by atoms with Crippen molar-refractivity contribution in [2.45, 2.75) is 19.5 Å². The van der Waals surface area contributed by atoms with Crippen LogP contribution in [0.15, 0.2) is 47.1 Å². The lowest BCUT2D eigenvalue weighted by atomic mass is 10.2. The maximum atomic E-state index is 5.48. The first-order valence-corrected chi connectivity index (χ1v) is 10.8. The van der Waals surface area contributed by atoms with Gasteiger partial charge in [-0.25, -0.2) is 9.97 Å². The van der Waals surface area contributed by atoms with Gasteiger partial charge in [-0.05, 0) is 51.3 Å². The summed E-state index contributed by atoms with van der Waals surface area (Å²) in [4.78, 5) is 16.8. The van der Waals surface area contributed by atoms with Crippen LogP contribution < -0.4 is 5.32 Å². The topological polar surface area (TPSA) is 60.7 Å². The highest BCUT2D eigenvalue weighted by molar-refractivity contribution is 5.88. The number of aromatic nitrogens is 2. The predicted molar refractivity (Wildman–Crippen MR) is 120 cm³/mol. The van der Waals surface area contributed by atoms with Gasteiger partial charge in [-0.3, -0.25) is 9.80 Å². The molecule has 0 saturated carbocycles. The van der Waals surface area contributed by atoms with Crippen molar-refractivity contribution in [3.63, 3.8) is 0 Å². The van der Waals surface area contributed by atoms with Gasteiger partial charge in [-0.1, -0.05) is 12.1 Å². The number of anilines is 1. The number of piperazine rings is 1. The maximum absolute atomic E-state index is 5.48. The third kappa shape index (κ3) is 5.56. The van der Waals surface area contributed by atoms with Crippen LogP contribution in [0.3, 0.4) is 0 Å². The Kier molecular flexibility index (Phi) is 6.94. The van der Waals surface area contributed by atoms with Crippen LogP contribution in [-0.2, 0) is 13.1 Å². The molecule has 0 spiro atoms. The molecule has 1 aliphatic rings. The number of nitrogens with zero attached hydrogens (tertiary/aromatic N) is 5. The fourth-order valence-corrected chi connectivity index (χ4v) is 3.86. The minimum Gasteiger partial charge on any atom is -0.468 e. The van der Waals surface area contributed by atoms with E-state index in [2.05, 4.69) is 52.3 Å². The molecule has 1 aromatic carbocycles. The molecule has 0 aliphatic carbocycles. The molecule has 7 nitrogen and oxygen atoms in total. The van der Waals surface area contributed by atoms with Crippen molar-refractivity contribution >= 4 is 16.7 Å². The highest BCUT2D eigenvalue weighted by Gasteiger charge is 2.19. The van der Waals surface area contributed by atoms with Crippen molar-refractivity contribution in [1.29, 1.82) is 0 Å². The first-order valence-electron chi connectivity index (χ1n) is 10.8. The van der Waals surface area contributed by atoms with Gasteiger partial charge >= 0.3 is 0 Å². The van der Waals surface area contributed by atoms with E-state index >= 15 is 0 Å². The third-order valence-electron chi connectivity index (χ3n) is 5.51. The van der Waals surface area contributed by atoms with E-state index in [1.165, 1.54) is 0 Å². The van der Waals surface area contributed by atoms with Gasteiger partial charge in [-0.15, -0.1) is 0 Å². The van der Waals surface area contributed by atoms with Crippen molar-refractivity contribution < 1.29 is 4.42 Å². The highest BCUT2D eigenvalue weighted by Crippen LogP contribution is 2.21. The molecule has 0 radical (unpaired) electrons. The van der Waals surface area contributed by atoms with Gasteiger partial charge in [0.1, 0.15) is 17.4 Å².